The second kappa shape index (κ2) is 7.47. The molecule has 2 N–H and O–H groups in total. The van der Waals surface area contributed by atoms with E-state index in [1.54, 1.807) is 0 Å². The van der Waals surface area contributed by atoms with Gasteiger partial charge in [0.25, 0.3) is 5.91 Å². The predicted molar refractivity (Wildman–Crippen MR) is 88.9 cm³/mol. The monoisotopic (exact) mass is 341 g/mol. The lowest BCUT2D eigenvalue weighted by molar-refractivity contribution is 0.0950. The lowest BCUT2D eigenvalue weighted by Gasteiger charge is -2.05. The molecule has 0 aliphatic heterocycles. The molecule has 25 heavy (non-hydrogen) atoms. The molecule has 1 amide bonds. The largest absolute Gasteiger partial charge is 0.367 e. The highest BCUT2D eigenvalue weighted by Crippen LogP contribution is 2.07. The molecule has 128 valence electrons. The number of aryl methyl sites for hydroxylation is 1. The van der Waals surface area contributed by atoms with Gasteiger partial charge in [-0.15, -0.1) is 10.2 Å². The molecule has 3 aromatic rings. The van der Waals surface area contributed by atoms with Crippen molar-refractivity contribution in [2.45, 2.75) is 6.92 Å². The standard InChI is InChI=1S/C16H16FN7O/c1-11-2-7-15(22-21-11)18-8-9-19-16(25)14-10-20-24(23-14)13-5-3-12(17)4-6-13/h2-7,10H,8-9H2,1H3,(H,18,22)(H,19,25). The van der Waals surface area contributed by atoms with Crippen molar-refractivity contribution < 1.29 is 9.18 Å². The Balaban J connectivity index is 1.50. The molecule has 2 heterocycles. The number of hydrogen-bond acceptors (Lipinski definition) is 6. The van der Waals surface area contributed by atoms with E-state index in [2.05, 4.69) is 31.0 Å². The summed E-state index contributed by atoms with van der Waals surface area (Å²) in [5.41, 5.74) is 1.59. The van der Waals surface area contributed by atoms with Crippen LogP contribution in [0.2, 0.25) is 0 Å². The van der Waals surface area contributed by atoms with Gasteiger partial charge >= 0.3 is 0 Å². The maximum atomic E-state index is 12.9. The third-order valence-electron chi connectivity index (χ3n) is 3.30. The molecule has 0 aliphatic rings. The molecule has 0 atom stereocenters. The second-order valence-corrected chi connectivity index (χ2v) is 5.24. The van der Waals surface area contributed by atoms with Crippen LogP contribution in [0.4, 0.5) is 10.2 Å². The van der Waals surface area contributed by atoms with Crippen LogP contribution >= 0.6 is 0 Å². The average molecular weight is 341 g/mol. The maximum absolute atomic E-state index is 12.9. The summed E-state index contributed by atoms with van der Waals surface area (Å²) in [7, 11) is 0. The van der Waals surface area contributed by atoms with Crippen molar-refractivity contribution >= 4 is 11.7 Å². The fourth-order valence-corrected chi connectivity index (χ4v) is 2.02. The van der Waals surface area contributed by atoms with Crippen LogP contribution < -0.4 is 10.6 Å². The maximum Gasteiger partial charge on any atom is 0.273 e. The first-order valence-electron chi connectivity index (χ1n) is 7.62. The number of anilines is 1. The normalized spacial score (nSPS) is 10.5. The second-order valence-electron chi connectivity index (χ2n) is 5.24. The Morgan fingerprint density at radius 3 is 2.64 bits per heavy atom. The highest BCUT2D eigenvalue weighted by molar-refractivity contribution is 5.91. The third kappa shape index (κ3) is 4.34. The number of carbonyl (C=O) groups excluding carboxylic acids is 1. The number of hydrogen-bond donors (Lipinski definition) is 2. The van der Waals surface area contributed by atoms with Crippen LogP contribution in [0.5, 0.6) is 0 Å². The van der Waals surface area contributed by atoms with Crippen LogP contribution in [-0.2, 0) is 0 Å². The van der Waals surface area contributed by atoms with Crippen LogP contribution in [0.15, 0.2) is 42.6 Å². The van der Waals surface area contributed by atoms with Crippen LogP contribution in [0.25, 0.3) is 5.69 Å². The van der Waals surface area contributed by atoms with Crippen LogP contribution in [0.1, 0.15) is 16.2 Å². The molecule has 0 saturated carbocycles. The molecule has 0 unspecified atom stereocenters. The van der Waals surface area contributed by atoms with E-state index in [-0.39, 0.29) is 17.4 Å². The first-order valence-corrected chi connectivity index (χ1v) is 7.62. The minimum atomic E-state index is -0.348. The highest BCUT2D eigenvalue weighted by Gasteiger charge is 2.11. The molecule has 0 saturated heterocycles. The summed E-state index contributed by atoms with van der Waals surface area (Å²) >= 11 is 0. The van der Waals surface area contributed by atoms with Crippen molar-refractivity contribution in [2.75, 3.05) is 18.4 Å². The molecule has 9 heteroatoms. The smallest absolute Gasteiger partial charge is 0.273 e. The Kier molecular flexibility index (Phi) is 4.93. The summed E-state index contributed by atoms with van der Waals surface area (Å²) < 4.78 is 12.9. The summed E-state index contributed by atoms with van der Waals surface area (Å²) in [4.78, 5) is 13.3. The number of amides is 1. The number of aromatic nitrogens is 5. The van der Waals surface area contributed by atoms with Crippen molar-refractivity contribution in [3.8, 4) is 5.69 Å². The fraction of sp³-hybridized carbons (Fsp3) is 0.188. The molecule has 3 rings (SSSR count). The molecule has 0 bridgehead atoms. The molecule has 0 fully saturated rings. The van der Waals surface area contributed by atoms with Crippen LogP contribution in [-0.4, -0.2) is 44.2 Å². The number of rotatable bonds is 6. The minimum Gasteiger partial charge on any atom is -0.367 e. The zero-order valence-corrected chi connectivity index (χ0v) is 13.5. The molecule has 1 aromatic carbocycles. The van der Waals surface area contributed by atoms with Crippen LogP contribution in [0, 0.1) is 12.7 Å². The first kappa shape index (κ1) is 16.5. The van der Waals surface area contributed by atoms with E-state index in [0.29, 0.717) is 24.6 Å². The van der Waals surface area contributed by atoms with Gasteiger partial charge in [-0.25, -0.2) is 4.39 Å². The first-order chi connectivity index (χ1) is 12.1. The van der Waals surface area contributed by atoms with Crippen molar-refractivity contribution in [2.24, 2.45) is 0 Å². The summed E-state index contributed by atoms with van der Waals surface area (Å²) in [6.45, 7) is 2.74. The molecule has 0 radical (unpaired) electrons. The summed E-state index contributed by atoms with van der Waals surface area (Å²) in [5, 5.41) is 21.8. The van der Waals surface area contributed by atoms with Gasteiger partial charge in [0.05, 0.1) is 17.6 Å². The molecule has 8 nitrogen and oxygen atoms in total. The van der Waals surface area contributed by atoms with Gasteiger partial charge in [-0.1, -0.05) is 0 Å². The third-order valence-corrected chi connectivity index (χ3v) is 3.30. The Morgan fingerprint density at radius 1 is 1.12 bits per heavy atom. The zero-order chi connectivity index (χ0) is 17.6. The lowest BCUT2D eigenvalue weighted by atomic mass is 10.3. The predicted octanol–water partition coefficient (Wildman–Crippen LogP) is 1.35. The SMILES string of the molecule is Cc1ccc(NCCNC(=O)c2cnn(-c3ccc(F)cc3)n2)nn1. The van der Waals surface area contributed by atoms with E-state index >= 15 is 0 Å². The van der Waals surface area contributed by atoms with Gasteiger partial charge in [0.1, 0.15) is 11.6 Å². The molecule has 0 aliphatic carbocycles. The minimum absolute atomic E-state index is 0.180. The average Bonchev–Trinajstić information content (AvgIpc) is 3.11. The van der Waals surface area contributed by atoms with Gasteiger partial charge in [-0.3, -0.25) is 4.79 Å². The number of nitrogens with zero attached hydrogens (tertiary/aromatic N) is 5. The van der Waals surface area contributed by atoms with E-state index in [1.807, 2.05) is 19.1 Å². The number of nitrogens with one attached hydrogen (secondary N) is 2. The van der Waals surface area contributed by atoms with E-state index in [4.69, 9.17) is 0 Å². The lowest BCUT2D eigenvalue weighted by Crippen LogP contribution is -2.29. The van der Waals surface area contributed by atoms with Gasteiger partial charge in [-0.05, 0) is 43.3 Å². The number of benzene rings is 1. The highest BCUT2D eigenvalue weighted by atomic mass is 19.1. The van der Waals surface area contributed by atoms with Crippen LogP contribution in [0.3, 0.4) is 0 Å². The fourth-order valence-electron chi connectivity index (χ4n) is 2.02. The van der Waals surface area contributed by atoms with Crippen molar-refractivity contribution in [3.63, 3.8) is 0 Å². The Morgan fingerprint density at radius 2 is 1.92 bits per heavy atom. The molecular formula is C16H16FN7O. The van der Waals surface area contributed by atoms with Gasteiger partial charge in [0.2, 0.25) is 0 Å². The van der Waals surface area contributed by atoms with Crippen molar-refractivity contribution in [3.05, 3.63) is 59.8 Å². The summed E-state index contributed by atoms with van der Waals surface area (Å²) in [6, 6.07) is 9.34. The molecule has 0 spiro atoms. The van der Waals surface area contributed by atoms with E-state index in [0.717, 1.165) is 5.69 Å². The van der Waals surface area contributed by atoms with Gasteiger partial charge in [0, 0.05) is 13.1 Å². The van der Waals surface area contributed by atoms with Gasteiger partial charge < -0.3 is 10.6 Å². The Labute approximate surface area is 143 Å². The van der Waals surface area contributed by atoms with E-state index in [1.165, 1.54) is 35.3 Å². The van der Waals surface area contributed by atoms with Gasteiger partial charge in [-0.2, -0.15) is 15.0 Å². The zero-order valence-electron chi connectivity index (χ0n) is 13.5. The molecular weight excluding hydrogens is 325 g/mol. The van der Waals surface area contributed by atoms with Gasteiger partial charge in [0.15, 0.2) is 5.69 Å². The topological polar surface area (TPSA) is 97.6 Å². The quantitative estimate of drug-likeness (QED) is 0.657. The van der Waals surface area contributed by atoms with E-state index in [9.17, 15) is 9.18 Å². The number of halogens is 1. The number of carbonyl (C=O) groups is 1. The molecule has 2 aromatic heterocycles. The van der Waals surface area contributed by atoms with Crippen molar-refractivity contribution in [1.82, 2.24) is 30.5 Å². The van der Waals surface area contributed by atoms with Crippen molar-refractivity contribution in [1.29, 1.82) is 0 Å². The Bertz CT molecular complexity index is 846. The summed E-state index contributed by atoms with van der Waals surface area (Å²) in [5.74, 6) is -0.0492. The summed E-state index contributed by atoms with van der Waals surface area (Å²) in [6.07, 6.45) is 1.36. The Hall–Kier alpha value is -3.36. The van der Waals surface area contributed by atoms with E-state index < -0.39 is 0 Å².